The molecule has 0 aromatic rings. The van der Waals surface area contributed by atoms with Crippen LogP contribution in [0.25, 0.3) is 0 Å². The van der Waals surface area contributed by atoms with Gasteiger partial charge in [-0.2, -0.15) is 0 Å². The van der Waals surface area contributed by atoms with Gasteiger partial charge in [0.1, 0.15) is 0 Å². The van der Waals surface area contributed by atoms with Gasteiger partial charge in [-0.3, -0.25) is 9.59 Å². The van der Waals surface area contributed by atoms with E-state index in [0.29, 0.717) is 6.42 Å². The lowest BCUT2D eigenvalue weighted by molar-refractivity contribution is -0.159. The number of ether oxygens (including phenoxy) is 2. The Morgan fingerprint density at radius 3 is 1.16 bits per heavy atom. The minimum absolute atomic E-state index is 0.123. The van der Waals surface area contributed by atoms with Crippen molar-refractivity contribution in [3.63, 3.8) is 0 Å². The molecule has 0 saturated heterocycles. The molecular weight excluding hydrogens is 604 g/mol. The van der Waals surface area contributed by atoms with Crippen LogP contribution in [0.5, 0.6) is 0 Å². The quantitative estimate of drug-likeness (QED) is 0.0384. The van der Waals surface area contributed by atoms with Crippen LogP contribution in [0.1, 0.15) is 233 Å². The maximum Gasteiger partial charge on any atom is 0.314 e. The summed E-state index contributed by atoms with van der Waals surface area (Å²) in [5.74, 6) is -1.28. The van der Waals surface area contributed by atoms with Crippen LogP contribution in [0.2, 0.25) is 0 Å². The predicted octanol–water partition coefficient (Wildman–Crippen LogP) is 14.9. The summed E-state index contributed by atoms with van der Waals surface area (Å²) in [4.78, 5) is 26.0. The molecule has 3 unspecified atom stereocenters. The van der Waals surface area contributed by atoms with E-state index in [1.807, 2.05) is 12.2 Å². The van der Waals surface area contributed by atoms with E-state index < -0.39 is 11.8 Å². The molecule has 0 spiro atoms. The molecule has 4 nitrogen and oxygen atoms in total. The van der Waals surface area contributed by atoms with E-state index in [1.54, 1.807) is 12.5 Å². The minimum Gasteiger partial charge on any atom is -0.435 e. The molecule has 0 aromatic carbocycles. The summed E-state index contributed by atoms with van der Waals surface area (Å²) < 4.78 is 11.1. The Bertz CT molecular complexity index is 802. The number of allylic oxidation sites excluding steroid dienone is 2. The molecule has 286 valence electrons. The molecule has 0 N–H and O–H groups in total. The Kier molecular flexibility index (Phi) is 32.3. The average molecular weight is 687 g/mol. The summed E-state index contributed by atoms with van der Waals surface area (Å²) in [5, 5.41) is 0. The molecule has 0 radical (unpaired) electrons. The topological polar surface area (TPSA) is 52.6 Å². The Morgan fingerprint density at radius 2 is 0.796 bits per heavy atom. The van der Waals surface area contributed by atoms with E-state index in [2.05, 4.69) is 20.8 Å². The van der Waals surface area contributed by atoms with Gasteiger partial charge >= 0.3 is 11.9 Å². The highest BCUT2D eigenvalue weighted by Crippen LogP contribution is 2.36. The highest BCUT2D eigenvalue weighted by atomic mass is 16.5. The number of carbonyl (C=O) groups is 2. The molecule has 0 aromatic heterocycles. The van der Waals surface area contributed by atoms with Crippen molar-refractivity contribution in [3.8, 4) is 0 Å². The molecule has 49 heavy (non-hydrogen) atoms. The second-order valence-corrected chi connectivity index (χ2v) is 15.4. The molecule has 0 aliphatic heterocycles. The molecule has 1 aliphatic carbocycles. The molecular formula is C45H82O4. The summed E-state index contributed by atoms with van der Waals surface area (Å²) in [5.41, 5.74) is 0. The van der Waals surface area contributed by atoms with Crippen LogP contribution in [0.4, 0.5) is 0 Å². The summed E-state index contributed by atoms with van der Waals surface area (Å²) in [6.45, 7) is 6.63. The van der Waals surface area contributed by atoms with Crippen LogP contribution in [-0.4, -0.2) is 11.9 Å². The molecule has 4 heteroatoms. The van der Waals surface area contributed by atoms with Crippen LogP contribution < -0.4 is 0 Å². The highest BCUT2D eigenvalue weighted by Gasteiger charge is 2.41. The number of carbonyl (C=O) groups excluding carboxylic acids is 2. The van der Waals surface area contributed by atoms with Crippen molar-refractivity contribution in [2.75, 3.05) is 0 Å². The van der Waals surface area contributed by atoms with E-state index in [4.69, 9.17) is 9.47 Å². The van der Waals surface area contributed by atoms with E-state index in [1.165, 1.54) is 167 Å². The van der Waals surface area contributed by atoms with Crippen LogP contribution in [-0.2, 0) is 19.1 Å². The summed E-state index contributed by atoms with van der Waals surface area (Å²) >= 11 is 0. The summed E-state index contributed by atoms with van der Waals surface area (Å²) in [7, 11) is 0. The fourth-order valence-electron chi connectivity index (χ4n) is 7.52. The zero-order valence-corrected chi connectivity index (χ0v) is 33.0. The van der Waals surface area contributed by atoms with Gasteiger partial charge in [-0.05, 0) is 56.6 Å². The van der Waals surface area contributed by atoms with Crippen molar-refractivity contribution in [3.05, 3.63) is 24.7 Å². The molecule has 3 atom stereocenters. The van der Waals surface area contributed by atoms with Crippen LogP contribution >= 0.6 is 0 Å². The van der Waals surface area contributed by atoms with Gasteiger partial charge in [0.05, 0.1) is 24.4 Å². The Balaban J connectivity index is 2.08. The number of unbranched alkanes of at least 4 members (excludes halogenated alkanes) is 28. The molecule has 0 bridgehead atoms. The Labute approximate surface area is 305 Å². The van der Waals surface area contributed by atoms with Gasteiger partial charge in [0.15, 0.2) is 0 Å². The van der Waals surface area contributed by atoms with Gasteiger partial charge < -0.3 is 9.47 Å². The zero-order chi connectivity index (χ0) is 35.5. The van der Waals surface area contributed by atoms with Crippen molar-refractivity contribution in [2.45, 2.75) is 233 Å². The second kappa shape index (κ2) is 34.9. The fraction of sp³-hybridized carbons (Fsp3) is 0.867. The van der Waals surface area contributed by atoms with Crippen molar-refractivity contribution in [1.82, 2.24) is 0 Å². The monoisotopic (exact) mass is 687 g/mol. The first-order valence-corrected chi connectivity index (χ1v) is 21.8. The maximum absolute atomic E-state index is 13.0. The number of esters is 2. The van der Waals surface area contributed by atoms with Gasteiger partial charge in [0.25, 0.3) is 0 Å². The van der Waals surface area contributed by atoms with Crippen LogP contribution in [0.3, 0.4) is 0 Å². The lowest BCUT2D eigenvalue weighted by atomic mass is 9.73. The standard InChI is InChI=1S/C45H82O4/c1-4-6-8-10-12-14-16-18-20-22-24-26-28-30-32-34-39-48-44(46)42-38-36-37-41(3)43(42)45(47)49-40-35-33-31-29-27-25-23-21-19-17-15-13-11-9-7-5-2/h34-35,39-43H,4-33,36-38H2,1-3H3. The lowest BCUT2D eigenvalue weighted by Crippen LogP contribution is -2.38. The van der Waals surface area contributed by atoms with E-state index >= 15 is 0 Å². The Hall–Kier alpha value is -1.58. The second-order valence-electron chi connectivity index (χ2n) is 15.4. The van der Waals surface area contributed by atoms with Crippen LogP contribution in [0.15, 0.2) is 24.7 Å². The third-order valence-electron chi connectivity index (χ3n) is 10.8. The van der Waals surface area contributed by atoms with E-state index in [-0.39, 0.29) is 17.9 Å². The normalized spacial score (nSPS) is 18.1. The van der Waals surface area contributed by atoms with Gasteiger partial charge in [-0.1, -0.05) is 194 Å². The van der Waals surface area contributed by atoms with Crippen molar-refractivity contribution < 1.29 is 19.1 Å². The van der Waals surface area contributed by atoms with Gasteiger partial charge in [-0.25, -0.2) is 0 Å². The summed E-state index contributed by atoms with van der Waals surface area (Å²) in [6.07, 6.45) is 49.4. The first kappa shape index (κ1) is 45.4. The van der Waals surface area contributed by atoms with Crippen molar-refractivity contribution in [1.29, 1.82) is 0 Å². The number of hydrogen-bond acceptors (Lipinski definition) is 4. The Morgan fingerprint density at radius 1 is 0.469 bits per heavy atom. The van der Waals surface area contributed by atoms with Crippen LogP contribution in [0, 0.1) is 17.8 Å². The molecule has 0 amide bonds. The predicted molar refractivity (Wildman–Crippen MR) is 210 cm³/mol. The van der Waals surface area contributed by atoms with E-state index in [0.717, 1.165) is 38.5 Å². The lowest BCUT2D eigenvalue weighted by Gasteiger charge is -2.32. The minimum atomic E-state index is -0.425. The van der Waals surface area contributed by atoms with Crippen molar-refractivity contribution in [2.24, 2.45) is 17.8 Å². The third kappa shape index (κ3) is 26.8. The first-order valence-electron chi connectivity index (χ1n) is 21.8. The summed E-state index contributed by atoms with van der Waals surface area (Å²) in [6, 6.07) is 0. The molecule has 1 fully saturated rings. The SMILES string of the molecule is CCCCCCCCCCCCCCCCC=COC(=O)C1CCCC(C)C1C(=O)OC=CCCCCCCCCCCCCCCCC. The van der Waals surface area contributed by atoms with Gasteiger partial charge in [0.2, 0.25) is 0 Å². The zero-order valence-electron chi connectivity index (χ0n) is 33.0. The number of rotatable bonds is 34. The van der Waals surface area contributed by atoms with Crippen molar-refractivity contribution >= 4 is 11.9 Å². The molecule has 0 heterocycles. The smallest absolute Gasteiger partial charge is 0.314 e. The van der Waals surface area contributed by atoms with E-state index in [9.17, 15) is 9.59 Å². The fourth-order valence-corrected chi connectivity index (χ4v) is 7.52. The largest absolute Gasteiger partial charge is 0.435 e. The molecule has 1 aliphatic rings. The molecule has 1 saturated carbocycles. The maximum atomic E-state index is 13.0. The average Bonchev–Trinajstić information content (AvgIpc) is 3.10. The van der Waals surface area contributed by atoms with Gasteiger partial charge in [0, 0.05) is 0 Å². The third-order valence-corrected chi connectivity index (χ3v) is 10.8. The highest BCUT2D eigenvalue weighted by molar-refractivity contribution is 5.83. The van der Waals surface area contributed by atoms with Gasteiger partial charge in [-0.15, -0.1) is 0 Å². The molecule has 1 rings (SSSR count). The number of hydrogen-bond donors (Lipinski definition) is 0. The first-order chi connectivity index (χ1) is 24.1.